The van der Waals surface area contributed by atoms with Crippen molar-refractivity contribution in [1.29, 1.82) is 0 Å². The number of rotatable bonds is 3. The summed E-state index contributed by atoms with van der Waals surface area (Å²) in [7, 11) is 0. The minimum absolute atomic E-state index is 0.236. The summed E-state index contributed by atoms with van der Waals surface area (Å²) in [5, 5.41) is 10.7. The highest BCUT2D eigenvalue weighted by molar-refractivity contribution is 5.71. The van der Waals surface area contributed by atoms with Gasteiger partial charge in [0.05, 0.1) is 0 Å². The zero-order chi connectivity index (χ0) is 11.4. The summed E-state index contributed by atoms with van der Waals surface area (Å²) in [6.07, 6.45) is 1.71. The fourth-order valence-electron chi connectivity index (χ4n) is 1.04. The van der Waals surface area contributed by atoms with E-state index in [1.807, 2.05) is 0 Å². The molecule has 2 aromatic rings. The van der Waals surface area contributed by atoms with Crippen molar-refractivity contribution in [1.82, 2.24) is 25.2 Å². The van der Waals surface area contributed by atoms with Gasteiger partial charge < -0.3 is 4.74 Å². The molecule has 7 heteroatoms. The smallest absolute Gasteiger partial charge is 0.312 e. The summed E-state index contributed by atoms with van der Waals surface area (Å²) >= 11 is 0. The van der Waals surface area contributed by atoms with E-state index in [2.05, 4.69) is 20.5 Å². The Morgan fingerprint density at radius 2 is 2.38 bits per heavy atom. The zero-order valence-electron chi connectivity index (χ0n) is 8.57. The topological polar surface area (TPSA) is 82.8 Å². The number of pyridine rings is 1. The highest BCUT2D eigenvalue weighted by Crippen LogP contribution is 2.10. The number of hydrogen-bond acceptors (Lipinski definition) is 6. The third-order valence-corrected chi connectivity index (χ3v) is 1.80. The molecule has 0 aliphatic rings. The van der Waals surface area contributed by atoms with Crippen molar-refractivity contribution in [3.8, 4) is 11.7 Å². The molecule has 2 rings (SSSR count). The summed E-state index contributed by atoms with van der Waals surface area (Å²) in [4.78, 5) is 15.2. The molecule has 7 nitrogen and oxygen atoms in total. The zero-order valence-corrected chi connectivity index (χ0v) is 8.57. The third-order valence-electron chi connectivity index (χ3n) is 1.80. The maximum absolute atomic E-state index is 11.1. The van der Waals surface area contributed by atoms with Crippen molar-refractivity contribution in [2.75, 3.05) is 0 Å². The van der Waals surface area contributed by atoms with Crippen LogP contribution in [0.25, 0.3) is 5.82 Å². The molecule has 0 saturated heterocycles. The maximum Gasteiger partial charge on any atom is 0.312 e. The number of tetrazole rings is 1. The Kier molecular flexibility index (Phi) is 2.86. The van der Waals surface area contributed by atoms with Gasteiger partial charge in [-0.2, -0.15) is 9.67 Å². The van der Waals surface area contributed by atoms with Crippen molar-refractivity contribution in [3.63, 3.8) is 0 Å². The van der Waals surface area contributed by atoms with E-state index in [9.17, 15) is 4.79 Å². The molecule has 0 N–H and O–H groups in total. The Labute approximate surface area is 91.1 Å². The quantitative estimate of drug-likeness (QED) is 0.693. The van der Waals surface area contributed by atoms with E-state index in [-0.39, 0.29) is 11.8 Å². The summed E-state index contributed by atoms with van der Waals surface area (Å²) in [6.45, 7) is 1.72. The van der Waals surface area contributed by atoms with Gasteiger partial charge in [0.25, 0.3) is 0 Å². The lowest BCUT2D eigenvalue weighted by molar-refractivity contribution is -0.134. The van der Waals surface area contributed by atoms with Gasteiger partial charge in [0.15, 0.2) is 5.82 Å². The van der Waals surface area contributed by atoms with E-state index < -0.39 is 0 Å². The number of hydrogen-bond donors (Lipinski definition) is 0. The number of nitrogens with zero attached hydrogens (tertiary/aromatic N) is 5. The fraction of sp³-hybridized carbons (Fsp3) is 0.222. The Morgan fingerprint density at radius 1 is 1.50 bits per heavy atom. The first-order chi connectivity index (χ1) is 7.79. The molecular weight excluding hydrogens is 210 g/mol. The van der Waals surface area contributed by atoms with E-state index >= 15 is 0 Å². The third kappa shape index (κ3) is 2.19. The van der Waals surface area contributed by atoms with Crippen LogP contribution in [0.15, 0.2) is 24.5 Å². The second-order valence-electron chi connectivity index (χ2n) is 2.92. The molecule has 0 fully saturated rings. The molecule has 0 saturated carbocycles. The predicted molar refractivity (Wildman–Crippen MR) is 52.9 cm³/mol. The average molecular weight is 219 g/mol. The number of esters is 1. The Balaban J connectivity index is 2.23. The lowest BCUT2D eigenvalue weighted by atomic mass is 10.4. The second-order valence-corrected chi connectivity index (χ2v) is 2.92. The number of ether oxygens (including phenoxy) is 1. The molecule has 0 atom stereocenters. The number of carbonyl (C=O) groups is 1. The molecule has 0 aliphatic heterocycles. The van der Waals surface area contributed by atoms with Crippen LogP contribution in [0.3, 0.4) is 0 Å². The van der Waals surface area contributed by atoms with Gasteiger partial charge in [-0.05, 0) is 16.5 Å². The van der Waals surface area contributed by atoms with Crippen LogP contribution < -0.4 is 4.74 Å². The first-order valence-corrected chi connectivity index (χ1v) is 4.70. The summed E-state index contributed by atoms with van der Waals surface area (Å²) in [5.41, 5.74) is 0. The van der Waals surface area contributed by atoms with E-state index in [1.54, 1.807) is 25.1 Å². The normalized spacial score (nSPS) is 10.1. The van der Waals surface area contributed by atoms with E-state index in [0.717, 1.165) is 0 Å². The van der Waals surface area contributed by atoms with Crippen LogP contribution in [-0.4, -0.2) is 31.2 Å². The Morgan fingerprint density at radius 3 is 3.06 bits per heavy atom. The van der Waals surface area contributed by atoms with Gasteiger partial charge in [0, 0.05) is 12.5 Å². The number of carbonyl (C=O) groups excluding carboxylic acids is 1. The largest absolute Gasteiger partial charge is 0.407 e. The molecule has 0 amide bonds. The van der Waals surface area contributed by atoms with Crippen molar-refractivity contribution < 1.29 is 9.53 Å². The van der Waals surface area contributed by atoms with Gasteiger partial charge in [-0.15, -0.1) is 5.10 Å². The Bertz CT molecular complexity index is 482. The Hall–Kier alpha value is -2.31. The predicted octanol–water partition coefficient (Wildman–Crippen LogP) is 0.373. The molecule has 0 bridgehead atoms. The van der Waals surface area contributed by atoms with Crippen LogP contribution in [0.4, 0.5) is 0 Å². The molecule has 0 spiro atoms. The molecule has 0 radical (unpaired) electrons. The molecule has 0 unspecified atom stereocenters. The van der Waals surface area contributed by atoms with Gasteiger partial charge >= 0.3 is 5.97 Å². The van der Waals surface area contributed by atoms with Gasteiger partial charge in [0.1, 0.15) is 6.33 Å². The molecule has 0 aromatic carbocycles. The maximum atomic E-state index is 11.1. The molecule has 2 aromatic heterocycles. The van der Waals surface area contributed by atoms with E-state index in [1.165, 1.54) is 11.0 Å². The van der Waals surface area contributed by atoms with Crippen LogP contribution >= 0.6 is 0 Å². The van der Waals surface area contributed by atoms with Crippen molar-refractivity contribution >= 4 is 5.97 Å². The van der Waals surface area contributed by atoms with Gasteiger partial charge in [-0.3, -0.25) is 4.79 Å². The van der Waals surface area contributed by atoms with E-state index in [0.29, 0.717) is 12.2 Å². The summed E-state index contributed by atoms with van der Waals surface area (Å²) in [5.74, 6) is 0.396. The lowest BCUT2D eigenvalue weighted by Crippen LogP contribution is -2.08. The van der Waals surface area contributed by atoms with Crippen molar-refractivity contribution in [2.45, 2.75) is 13.3 Å². The average Bonchev–Trinajstić information content (AvgIpc) is 2.83. The minimum atomic E-state index is -0.332. The standard InChI is InChI=1S/C9H9N5O2/c1-2-9(15)16-8-5-3-4-7(11-8)14-6-10-12-13-14/h3-6H,2H2,1H3. The monoisotopic (exact) mass is 219 g/mol. The highest BCUT2D eigenvalue weighted by atomic mass is 16.5. The van der Waals surface area contributed by atoms with Gasteiger partial charge in [-0.1, -0.05) is 13.0 Å². The minimum Gasteiger partial charge on any atom is -0.407 e. The van der Waals surface area contributed by atoms with Crippen LogP contribution in [0, 0.1) is 0 Å². The first kappa shape index (κ1) is 10.2. The summed E-state index contributed by atoms with van der Waals surface area (Å²) < 4.78 is 6.35. The van der Waals surface area contributed by atoms with Crippen LogP contribution in [0.2, 0.25) is 0 Å². The molecule has 82 valence electrons. The van der Waals surface area contributed by atoms with E-state index in [4.69, 9.17) is 4.74 Å². The summed E-state index contributed by atoms with van der Waals surface area (Å²) in [6, 6.07) is 5.02. The molecule has 2 heterocycles. The second kappa shape index (κ2) is 4.47. The lowest BCUT2D eigenvalue weighted by Gasteiger charge is -2.03. The van der Waals surface area contributed by atoms with Gasteiger partial charge in [0.2, 0.25) is 5.88 Å². The van der Waals surface area contributed by atoms with Crippen molar-refractivity contribution in [3.05, 3.63) is 24.5 Å². The van der Waals surface area contributed by atoms with Crippen LogP contribution in [0.1, 0.15) is 13.3 Å². The molecular formula is C9H9N5O2. The van der Waals surface area contributed by atoms with Crippen LogP contribution in [0.5, 0.6) is 5.88 Å². The molecule has 16 heavy (non-hydrogen) atoms. The SMILES string of the molecule is CCC(=O)Oc1cccc(-n2cnnn2)n1. The highest BCUT2D eigenvalue weighted by Gasteiger charge is 2.05. The first-order valence-electron chi connectivity index (χ1n) is 4.70. The van der Waals surface area contributed by atoms with Gasteiger partial charge in [-0.25, -0.2) is 0 Å². The fourth-order valence-corrected chi connectivity index (χ4v) is 1.04. The number of aromatic nitrogens is 5. The molecule has 0 aliphatic carbocycles. The van der Waals surface area contributed by atoms with Crippen LogP contribution in [-0.2, 0) is 4.79 Å². The van der Waals surface area contributed by atoms with Crippen molar-refractivity contribution in [2.24, 2.45) is 0 Å².